The summed E-state index contributed by atoms with van der Waals surface area (Å²) in [4.78, 5) is 3.05. The topological polar surface area (TPSA) is 55.8 Å². The van der Waals surface area contributed by atoms with Gasteiger partial charge >= 0.3 is 13.0 Å². The molecule has 7 heteroatoms. The van der Waals surface area contributed by atoms with Crippen LogP contribution in [0.5, 0.6) is 0 Å². The molecule has 0 saturated carbocycles. The molecule has 0 N–H and O–H groups in total. The first kappa shape index (κ1) is 12.0. The maximum atomic E-state index is 13.0. The molecule has 1 aromatic rings. The Hall–Kier alpha value is -1.49. The highest BCUT2D eigenvalue weighted by Gasteiger charge is 2.26. The van der Waals surface area contributed by atoms with Crippen LogP contribution in [0.3, 0.4) is 0 Å². The molecule has 1 aliphatic heterocycles. The van der Waals surface area contributed by atoms with Crippen molar-refractivity contribution in [3.05, 3.63) is 34.6 Å². The Morgan fingerprint density at radius 3 is 2.88 bits per heavy atom. The van der Waals surface area contributed by atoms with E-state index >= 15 is 0 Å². The Balaban J connectivity index is 1.98. The number of hydrogen-bond acceptors (Lipinski definition) is 4. The number of rotatable bonds is 3. The molecule has 0 aliphatic carbocycles. The number of hydrogen-bond donors (Lipinski definition) is 0. The van der Waals surface area contributed by atoms with Crippen molar-refractivity contribution in [2.45, 2.75) is 13.0 Å². The Kier molecular flexibility index (Phi) is 4.04. The van der Waals surface area contributed by atoms with Gasteiger partial charge in [-0.3, -0.25) is 0 Å². The molecule has 0 atom stereocenters. The van der Waals surface area contributed by atoms with E-state index < -0.39 is 13.1 Å². The SMILES string of the molecule is N#[N+]c1ccc(F)cc1COB1OCCCO1. The van der Waals surface area contributed by atoms with Crippen LogP contribution in [0.25, 0.3) is 4.98 Å². The summed E-state index contributed by atoms with van der Waals surface area (Å²) in [5.41, 5.74) is 0.701. The molecule has 1 aliphatic rings. The molecule has 0 unspecified atom stereocenters. The van der Waals surface area contributed by atoms with Crippen LogP contribution in [0, 0.1) is 11.2 Å². The third-order valence-corrected chi connectivity index (χ3v) is 2.32. The predicted molar refractivity (Wildman–Crippen MR) is 58.2 cm³/mol. The molecule has 1 saturated heterocycles. The van der Waals surface area contributed by atoms with Crippen LogP contribution in [-0.2, 0) is 20.6 Å². The number of diazo groups is 1. The predicted octanol–water partition coefficient (Wildman–Crippen LogP) is 2.25. The van der Waals surface area contributed by atoms with Crippen molar-refractivity contribution in [3.63, 3.8) is 0 Å². The van der Waals surface area contributed by atoms with Gasteiger partial charge in [0, 0.05) is 19.3 Å². The van der Waals surface area contributed by atoms with E-state index in [1.807, 2.05) is 0 Å². The lowest BCUT2D eigenvalue weighted by Crippen LogP contribution is -2.32. The molecular weight excluding hydrogens is 226 g/mol. The fourth-order valence-electron chi connectivity index (χ4n) is 1.49. The Bertz CT molecular complexity index is 432. The van der Waals surface area contributed by atoms with E-state index in [2.05, 4.69) is 4.98 Å². The number of nitrogens with zero attached hydrogens (tertiary/aromatic N) is 2. The standard InChI is InChI=1S/C10H11BFN2O3/c12-9-2-3-10(14-13)8(6-9)7-17-11-15-4-1-5-16-11/h2-3,6H,1,4-5,7H2/q+1. The van der Waals surface area contributed by atoms with Crippen LogP contribution in [0.4, 0.5) is 10.1 Å². The summed E-state index contributed by atoms with van der Waals surface area (Å²) in [5.74, 6) is -0.415. The first-order valence-corrected chi connectivity index (χ1v) is 5.28. The van der Waals surface area contributed by atoms with Gasteiger partial charge in [-0.25, -0.2) is 4.39 Å². The molecular formula is C10H11BFN2O3+. The largest absolute Gasteiger partial charge is 0.639 e. The lowest BCUT2D eigenvalue weighted by atomic mass is 10.1. The molecule has 0 aromatic heterocycles. The van der Waals surface area contributed by atoms with Crippen LogP contribution in [0.2, 0.25) is 0 Å². The highest BCUT2D eigenvalue weighted by atomic mass is 19.1. The van der Waals surface area contributed by atoms with Crippen LogP contribution in [0.1, 0.15) is 12.0 Å². The Labute approximate surface area is 98.3 Å². The molecule has 88 valence electrons. The van der Waals surface area contributed by atoms with E-state index in [0.29, 0.717) is 18.8 Å². The van der Waals surface area contributed by atoms with E-state index in [1.54, 1.807) is 0 Å². The van der Waals surface area contributed by atoms with Gasteiger partial charge in [-0.1, -0.05) is 0 Å². The first-order valence-electron chi connectivity index (χ1n) is 5.28. The third kappa shape index (κ3) is 3.23. The van der Waals surface area contributed by atoms with E-state index in [0.717, 1.165) is 6.42 Å². The fraction of sp³-hybridized carbons (Fsp3) is 0.400. The van der Waals surface area contributed by atoms with E-state index in [9.17, 15) is 4.39 Å². The molecule has 1 fully saturated rings. The summed E-state index contributed by atoms with van der Waals surface area (Å²) in [6.45, 7) is 1.21. The van der Waals surface area contributed by atoms with Crippen molar-refractivity contribution in [1.82, 2.24) is 0 Å². The fourth-order valence-corrected chi connectivity index (χ4v) is 1.49. The van der Waals surface area contributed by atoms with Crippen molar-refractivity contribution in [2.75, 3.05) is 13.2 Å². The second kappa shape index (κ2) is 5.73. The van der Waals surface area contributed by atoms with Crippen LogP contribution in [-0.4, -0.2) is 20.5 Å². The summed E-state index contributed by atoms with van der Waals surface area (Å²) >= 11 is 0. The minimum absolute atomic E-state index is 0.0574. The summed E-state index contributed by atoms with van der Waals surface area (Å²) in [7, 11) is -0.737. The van der Waals surface area contributed by atoms with Gasteiger partial charge < -0.3 is 14.0 Å². The quantitative estimate of drug-likeness (QED) is 0.597. The van der Waals surface area contributed by atoms with Gasteiger partial charge in [0.25, 0.3) is 0 Å². The normalized spacial score (nSPS) is 15.6. The molecule has 0 amide bonds. The lowest BCUT2D eigenvalue weighted by molar-refractivity contribution is 0.0488. The van der Waals surface area contributed by atoms with Crippen molar-refractivity contribution < 1.29 is 18.4 Å². The summed E-state index contributed by atoms with van der Waals surface area (Å²) in [5, 5.41) is 8.73. The summed E-state index contributed by atoms with van der Waals surface area (Å²) in [6, 6.07) is 3.83. The maximum absolute atomic E-state index is 13.0. The average molecular weight is 237 g/mol. The van der Waals surface area contributed by atoms with E-state index in [4.69, 9.17) is 19.4 Å². The van der Waals surface area contributed by atoms with Crippen molar-refractivity contribution in [3.8, 4) is 0 Å². The number of halogens is 1. The monoisotopic (exact) mass is 237 g/mol. The van der Waals surface area contributed by atoms with Gasteiger partial charge in [-0.05, 0) is 18.6 Å². The average Bonchev–Trinajstić information content (AvgIpc) is 2.38. The van der Waals surface area contributed by atoms with Gasteiger partial charge in [0.15, 0.2) is 4.98 Å². The third-order valence-electron chi connectivity index (χ3n) is 2.32. The lowest BCUT2D eigenvalue weighted by Gasteiger charge is -2.18. The molecule has 0 spiro atoms. The summed E-state index contributed by atoms with van der Waals surface area (Å²) in [6.07, 6.45) is 0.830. The van der Waals surface area contributed by atoms with E-state index in [1.165, 1.54) is 18.2 Å². The minimum Gasteiger partial charge on any atom is -0.386 e. The van der Waals surface area contributed by atoms with Gasteiger partial charge in [0.05, 0.1) is 12.2 Å². The second-order valence-electron chi connectivity index (χ2n) is 3.57. The van der Waals surface area contributed by atoms with Gasteiger partial charge in [-0.2, -0.15) is 0 Å². The van der Waals surface area contributed by atoms with Crippen LogP contribution < -0.4 is 0 Å². The van der Waals surface area contributed by atoms with Crippen LogP contribution in [0.15, 0.2) is 18.2 Å². The molecule has 1 heterocycles. The molecule has 17 heavy (non-hydrogen) atoms. The molecule has 5 nitrogen and oxygen atoms in total. The smallest absolute Gasteiger partial charge is 0.386 e. The first-order chi connectivity index (χ1) is 8.29. The highest BCUT2D eigenvalue weighted by molar-refractivity contribution is 6.36. The van der Waals surface area contributed by atoms with Crippen molar-refractivity contribution in [2.24, 2.45) is 0 Å². The Morgan fingerprint density at radius 2 is 2.18 bits per heavy atom. The zero-order valence-electron chi connectivity index (χ0n) is 9.13. The molecule has 1 aromatic carbocycles. The van der Waals surface area contributed by atoms with Crippen LogP contribution >= 0.6 is 0 Å². The van der Waals surface area contributed by atoms with Crippen molar-refractivity contribution in [1.29, 1.82) is 5.39 Å². The van der Waals surface area contributed by atoms with Gasteiger partial charge in [0.2, 0.25) is 5.39 Å². The second-order valence-corrected chi connectivity index (χ2v) is 3.57. The maximum Gasteiger partial charge on any atom is 0.639 e. The zero-order chi connectivity index (χ0) is 12.1. The minimum atomic E-state index is -0.737. The zero-order valence-corrected chi connectivity index (χ0v) is 9.13. The summed E-state index contributed by atoms with van der Waals surface area (Å²) < 4.78 is 28.6. The highest BCUT2D eigenvalue weighted by Crippen LogP contribution is 2.21. The molecule has 2 rings (SSSR count). The molecule has 0 bridgehead atoms. The Morgan fingerprint density at radius 1 is 1.41 bits per heavy atom. The van der Waals surface area contributed by atoms with E-state index in [-0.39, 0.29) is 12.3 Å². The van der Waals surface area contributed by atoms with Crippen molar-refractivity contribution >= 4 is 13.0 Å². The van der Waals surface area contributed by atoms with Gasteiger partial charge in [0.1, 0.15) is 5.82 Å². The number of benzene rings is 1. The molecule has 0 radical (unpaired) electrons. The van der Waals surface area contributed by atoms with Gasteiger partial charge in [-0.15, -0.1) is 0 Å².